The minimum Gasteiger partial charge on any atom is -0.309 e. The fourth-order valence-corrected chi connectivity index (χ4v) is 8.34. The molecule has 0 radical (unpaired) electrons. The Morgan fingerprint density at radius 3 is 1.47 bits per heavy atom. The van der Waals surface area contributed by atoms with E-state index in [4.69, 9.17) is 9.97 Å². The molecule has 55 heavy (non-hydrogen) atoms. The summed E-state index contributed by atoms with van der Waals surface area (Å²) < 4.78 is 2.37. The Morgan fingerprint density at radius 2 is 0.800 bits per heavy atom. The summed E-state index contributed by atoms with van der Waals surface area (Å²) in [5, 5.41) is 7.18. The molecule has 0 fully saturated rings. The molecule has 0 amide bonds. The molecule has 0 aliphatic carbocycles. The van der Waals surface area contributed by atoms with Crippen molar-refractivity contribution in [2.45, 2.75) is 0 Å². The number of hydrogen-bond acceptors (Lipinski definition) is 2. The van der Waals surface area contributed by atoms with Crippen molar-refractivity contribution in [1.82, 2.24) is 14.5 Å². The van der Waals surface area contributed by atoms with Crippen LogP contribution in [0.15, 0.2) is 200 Å². The molecule has 11 aromatic rings. The van der Waals surface area contributed by atoms with Gasteiger partial charge < -0.3 is 4.57 Å². The topological polar surface area (TPSA) is 30.7 Å². The molecule has 2 heterocycles. The highest BCUT2D eigenvalue weighted by atomic mass is 15.0. The molecular weight excluding hydrogens is 667 g/mol. The van der Waals surface area contributed by atoms with Gasteiger partial charge in [0, 0.05) is 32.8 Å². The summed E-state index contributed by atoms with van der Waals surface area (Å²) >= 11 is 0. The van der Waals surface area contributed by atoms with Gasteiger partial charge in [0.25, 0.3) is 0 Å². The third kappa shape index (κ3) is 5.20. The molecule has 0 saturated carbocycles. The SMILES string of the molecule is c1ccc(-n2c3ccccc3c3ccc(-c4ccc(-c5ccc(-c6cccc(-c7cnc8c9ccccc9c9ccccc9c8n7)c6)cc5)cc4)cc32)cc1. The number of hydrogen-bond donors (Lipinski definition) is 0. The highest BCUT2D eigenvalue weighted by Gasteiger charge is 2.15. The molecule has 0 bridgehead atoms. The highest BCUT2D eigenvalue weighted by molar-refractivity contribution is 6.23. The van der Waals surface area contributed by atoms with E-state index in [1.165, 1.54) is 60.5 Å². The molecule has 0 aliphatic heterocycles. The summed E-state index contributed by atoms with van der Waals surface area (Å²) in [4.78, 5) is 10.2. The fourth-order valence-electron chi connectivity index (χ4n) is 8.34. The van der Waals surface area contributed by atoms with Crippen LogP contribution in [0.5, 0.6) is 0 Å². The van der Waals surface area contributed by atoms with Crippen molar-refractivity contribution in [3.63, 3.8) is 0 Å². The molecular formula is C52H33N3. The molecule has 2 aromatic heterocycles. The van der Waals surface area contributed by atoms with Crippen LogP contribution in [0.2, 0.25) is 0 Å². The Bertz CT molecular complexity index is 3200. The maximum absolute atomic E-state index is 5.22. The first-order chi connectivity index (χ1) is 27.3. The smallest absolute Gasteiger partial charge is 0.0979 e. The lowest BCUT2D eigenvalue weighted by atomic mass is 9.96. The van der Waals surface area contributed by atoms with Crippen LogP contribution in [0.1, 0.15) is 0 Å². The van der Waals surface area contributed by atoms with Gasteiger partial charge in [-0.3, -0.25) is 4.98 Å². The summed E-state index contributed by atoms with van der Waals surface area (Å²) in [5.74, 6) is 0. The standard InChI is InChI=1S/C52H33N3/c1-2-13-41(14-3-1)55-49-20-9-8-17-44(49)45-30-29-39(32-50(45)55)37-27-23-35(24-28-37)34-21-25-36(26-22-34)38-11-10-12-40(31-38)48-33-53-51-46-18-6-4-15-42(46)43-16-5-7-19-47(43)52(51)54-48/h1-33H. The summed E-state index contributed by atoms with van der Waals surface area (Å²) in [7, 11) is 0. The predicted molar refractivity (Wildman–Crippen MR) is 231 cm³/mol. The van der Waals surface area contributed by atoms with Crippen LogP contribution in [0.4, 0.5) is 0 Å². The van der Waals surface area contributed by atoms with Crippen LogP contribution < -0.4 is 0 Å². The first kappa shape index (κ1) is 31.2. The summed E-state index contributed by atoms with van der Waals surface area (Å²) in [5.41, 5.74) is 14.5. The lowest BCUT2D eigenvalue weighted by molar-refractivity contribution is 1.18. The first-order valence-corrected chi connectivity index (χ1v) is 18.7. The summed E-state index contributed by atoms with van der Waals surface area (Å²) in [6.07, 6.45) is 1.91. The van der Waals surface area contributed by atoms with Crippen molar-refractivity contribution in [2.24, 2.45) is 0 Å². The molecule has 0 aliphatic rings. The van der Waals surface area contributed by atoms with Gasteiger partial charge in [0.2, 0.25) is 0 Å². The Labute approximate surface area is 318 Å². The van der Waals surface area contributed by atoms with Gasteiger partial charge in [0.05, 0.1) is 34.0 Å². The van der Waals surface area contributed by atoms with Crippen molar-refractivity contribution in [3.05, 3.63) is 200 Å². The minimum absolute atomic E-state index is 0.868. The van der Waals surface area contributed by atoms with E-state index >= 15 is 0 Å². The monoisotopic (exact) mass is 699 g/mol. The Hall–Kier alpha value is -7.36. The van der Waals surface area contributed by atoms with Gasteiger partial charge in [-0.05, 0) is 74.5 Å². The van der Waals surface area contributed by atoms with Gasteiger partial charge in [0.1, 0.15) is 0 Å². The predicted octanol–water partition coefficient (Wildman–Crippen LogP) is 13.7. The lowest BCUT2D eigenvalue weighted by Crippen LogP contribution is -1.93. The molecule has 9 aromatic carbocycles. The third-order valence-corrected chi connectivity index (χ3v) is 11.0. The molecule has 3 nitrogen and oxygen atoms in total. The zero-order chi connectivity index (χ0) is 36.3. The summed E-state index contributed by atoms with van der Waals surface area (Å²) in [6, 6.07) is 69.5. The molecule has 0 atom stereocenters. The van der Waals surface area contributed by atoms with Gasteiger partial charge in [0.15, 0.2) is 0 Å². The molecule has 256 valence electrons. The van der Waals surface area contributed by atoms with Gasteiger partial charge in [-0.25, -0.2) is 4.98 Å². The number of para-hydroxylation sites is 2. The maximum Gasteiger partial charge on any atom is 0.0979 e. The van der Waals surface area contributed by atoms with E-state index in [0.717, 1.165) is 44.2 Å². The van der Waals surface area contributed by atoms with E-state index < -0.39 is 0 Å². The zero-order valence-corrected chi connectivity index (χ0v) is 29.9. The van der Waals surface area contributed by atoms with Crippen molar-refractivity contribution < 1.29 is 0 Å². The molecule has 0 unspecified atom stereocenters. The molecule has 0 saturated heterocycles. The second kappa shape index (κ2) is 12.6. The van der Waals surface area contributed by atoms with Crippen molar-refractivity contribution in [2.75, 3.05) is 0 Å². The number of nitrogens with zero attached hydrogens (tertiary/aromatic N) is 3. The maximum atomic E-state index is 5.22. The van der Waals surface area contributed by atoms with Crippen LogP contribution in [0, 0.1) is 0 Å². The average Bonchev–Trinajstić information content (AvgIpc) is 3.60. The van der Waals surface area contributed by atoms with Crippen molar-refractivity contribution in [3.8, 4) is 50.3 Å². The summed E-state index contributed by atoms with van der Waals surface area (Å²) in [6.45, 7) is 0. The van der Waals surface area contributed by atoms with Crippen LogP contribution in [0.25, 0.3) is 105 Å². The molecule has 0 N–H and O–H groups in total. The third-order valence-electron chi connectivity index (χ3n) is 11.0. The average molecular weight is 700 g/mol. The Balaban J connectivity index is 0.894. The fraction of sp³-hybridized carbons (Fsp3) is 0. The van der Waals surface area contributed by atoms with Crippen molar-refractivity contribution in [1.29, 1.82) is 0 Å². The van der Waals surface area contributed by atoms with Gasteiger partial charge in [-0.15, -0.1) is 0 Å². The van der Waals surface area contributed by atoms with E-state index in [2.05, 4.69) is 199 Å². The quantitative estimate of drug-likeness (QED) is 0.167. The van der Waals surface area contributed by atoms with Gasteiger partial charge in [-0.2, -0.15) is 0 Å². The number of aromatic nitrogens is 3. The normalized spacial score (nSPS) is 11.6. The molecule has 11 rings (SSSR count). The Kier molecular flexibility index (Phi) is 7.17. The van der Waals surface area contributed by atoms with E-state index in [1.807, 2.05) is 6.20 Å². The molecule has 0 spiro atoms. The van der Waals surface area contributed by atoms with Crippen molar-refractivity contribution >= 4 is 54.4 Å². The van der Waals surface area contributed by atoms with E-state index in [9.17, 15) is 0 Å². The van der Waals surface area contributed by atoms with E-state index in [1.54, 1.807) is 0 Å². The molecule has 3 heteroatoms. The largest absolute Gasteiger partial charge is 0.309 e. The van der Waals surface area contributed by atoms with Gasteiger partial charge in [-0.1, -0.05) is 164 Å². The van der Waals surface area contributed by atoms with Crippen LogP contribution >= 0.6 is 0 Å². The van der Waals surface area contributed by atoms with Crippen LogP contribution in [0.3, 0.4) is 0 Å². The van der Waals surface area contributed by atoms with Crippen LogP contribution in [-0.4, -0.2) is 14.5 Å². The number of rotatable bonds is 5. The number of benzene rings is 9. The zero-order valence-electron chi connectivity index (χ0n) is 29.9. The second-order valence-electron chi connectivity index (χ2n) is 14.2. The van der Waals surface area contributed by atoms with E-state index in [-0.39, 0.29) is 0 Å². The number of fused-ring (bicyclic) bond motifs is 9. The highest BCUT2D eigenvalue weighted by Crippen LogP contribution is 2.37. The lowest BCUT2D eigenvalue weighted by Gasteiger charge is -2.11. The Morgan fingerprint density at radius 1 is 0.309 bits per heavy atom. The van der Waals surface area contributed by atoms with E-state index in [0.29, 0.717) is 0 Å². The van der Waals surface area contributed by atoms with Crippen LogP contribution in [-0.2, 0) is 0 Å². The minimum atomic E-state index is 0.868. The van der Waals surface area contributed by atoms with Gasteiger partial charge >= 0.3 is 0 Å². The second-order valence-corrected chi connectivity index (χ2v) is 14.2. The first-order valence-electron chi connectivity index (χ1n) is 18.7.